The summed E-state index contributed by atoms with van der Waals surface area (Å²) in [4.78, 5) is 29.0. The molecule has 8 heteroatoms. The van der Waals surface area contributed by atoms with Crippen molar-refractivity contribution in [2.75, 3.05) is 12.9 Å². The van der Waals surface area contributed by atoms with Crippen molar-refractivity contribution < 1.29 is 14.3 Å². The van der Waals surface area contributed by atoms with Gasteiger partial charge < -0.3 is 15.0 Å². The first-order valence-electron chi connectivity index (χ1n) is 12.6. The van der Waals surface area contributed by atoms with Crippen LogP contribution in [0, 0.1) is 0 Å². The van der Waals surface area contributed by atoms with Crippen LogP contribution in [0.15, 0.2) is 72.8 Å². The van der Waals surface area contributed by atoms with E-state index in [1.807, 2.05) is 74.5 Å². The van der Waals surface area contributed by atoms with E-state index in [0.29, 0.717) is 28.0 Å². The van der Waals surface area contributed by atoms with Crippen LogP contribution in [-0.4, -0.2) is 41.7 Å². The number of rotatable bonds is 13. The lowest BCUT2D eigenvalue weighted by molar-refractivity contribution is -0.139. The quantitative estimate of drug-likeness (QED) is 0.245. The van der Waals surface area contributed by atoms with Gasteiger partial charge in [0.25, 0.3) is 0 Å². The highest BCUT2D eigenvalue weighted by Crippen LogP contribution is 2.26. The minimum atomic E-state index is -0.676. The minimum Gasteiger partial charge on any atom is -0.497 e. The van der Waals surface area contributed by atoms with Crippen molar-refractivity contribution in [3.63, 3.8) is 0 Å². The number of carbonyl (C=O) groups is 2. The van der Waals surface area contributed by atoms with E-state index in [-0.39, 0.29) is 30.2 Å². The van der Waals surface area contributed by atoms with Crippen LogP contribution in [0.25, 0.3) is 0 Å². The van der Waals surface area contributed by atoms with Gasteiger partial charge in [-0.25, -0.2) is 0 Å². The average Bonchev–Trinajstić information content (AvgIpc) is 2.92. The third kappa shape index (κ3) is 8.97. The van der Waals surface area contributed by atoms with Crippen molar-refractivity contribution in [1.29, 1.82) is 0 Å². The van der Waals surface area contributed by atoms with Gasteiger partial charge in [-0.15, -0.1) is 11.8 Å². The molecule has 2 amide bonds. The topological polar surface area (TPSA) is 58.6 Å². The molecule has 0 aromatic heterocycles. The fourth-order valence-electron chi connectivity index (χ4n) is 3.93. The second-order valence-electron chi connectivity index (χ2n) is 9.13. The van der Waals surface area contributed by atoms with Gasteiger partial charge in [-0.3, -0.25) is 9.59 Å². The van der Waals surface area contributed by atoms with Crippen molar-refractivity contribution in [3.05, 3.63) is 99.5 Å². The van der Waals surface area contributed by atoms with Gasteiger partial charge >= 0.3 is 0 Å². The summed E-state index contributed by atoms with van der Waals surface area (Å²) in [6.45, 7) is 4.27. The van der Waals surface area contributed by atoms with Crippen LogP contribution in [0.1, 0.15) is 37.0 Å². The van der Waals surface area contributed by atoms with Crippen LogP contribution >= 0.6 is 35.0 Å². The summed E-state index contributed by atoms with van der Waals surface area (Å²) < 4.78 is 5.39. The Morgan fingerprint density at radius 2 is 1.74 bits per heavy atom. The molecule has 0 aliphatic rings. The molecule has 0 aliphatic carbocycles. The van der Waals surface area contributed by atoms with Crippen molar-refractivity contribution in [1.82, 2.24) is 10.2 Å². The lowest BCUT2D eigenvalue weighted by atomic mass is 10.0. The molecule has 0 aliphatic heterocycles. The molecule has 3 aromatic rings. The molecule has 1 N–H and O–H groups in total. The second kappa shape index (κ2) is 15.1. The normalized spacial score (nSPS) is 12.4. The van der Waals surface area contributed by atoms with E-state index in [0.717, 1.165) is 23.1 Å². The van der Waals surface area contributed by atoms with E-state index in [4.69, 9.17) is 27.9 Å². The molecule has 38 heavy (non-hydrogen) atoms. The molecule has 3 aromatic carbocycles. The number of hydrogen-bond donors (Lipinski definition) is 1. The van der Waals surface area contributed by atoms with Crippen molar-refractivity contribution in [3.8, 4) is 5.75 Å². The summed E-state index contributed by atoms with van der Waals surface area (Å²) in [6, 6.07) is 22.0. The molecule has 0 saturated heterocycles. The molecule has 0 radical (unpaired) electrons. The SMILES string of the molecule is CC[C@H](C)NC(=O)[C@H](Cc1ccccc1)N(Cc1cccc(OC)c1)C(=O)CSCc1ccc(Cl)cc1Cl. The number of carbonyl (C=O) groups excluding carboxylic acids is 2. The van der Waals surface area contributed by atoms with E-state index in [9.17, 15) is 9.59 Å². The van der Waals surface area contributed by atoms with Gasteiger partial charge in [0.2, 0.25) is 11.8 Å². The number of benzene rings is 3. The third-order valence-corrected chi connectivity index (χ3v) is 7.81. The first-order chi connectivity index (χ1) is 18.3. The zero-order valence-corrected chi connectivity index (χ0v) is 24.3. The van der Waals surface area contributed by atoms with Crippen LogP contribution in [0.5, 0.6) is 5.75 Å². The minimum absolute atomic E-state index is 0.00373. The summed E-state index contributed by atoms with van der Waals surface area (Å²) in [6.07, 6.45) is 1.21. The van der Waals surface area contributed by atoms with Gasteiger partial charge in [-0.1, -0.05) is 78.7 Å². The Labute approximate surface area is 239 Å². The summed E-state index contributed by atoms with van der Waals surface area (Å²) in [5.74, 6) is 1.17. The molecule has 0 fully saturated rings. The number of nitrogens with one attached hydrogen (secondary N) is 1. The van der Waals surface area contributed by atoms with Crippen LogP contribution in [0.4, 0.5) is 0 Å². The van der Waals surface area contributed by atoms with Gasteiger partial charge in [0.05, 0.1) is 12.9 Å². The summed E-state index contributed by atoms with van der Waals surface area (Å²) in [7, 11) is 1.61. The number of methoxy groups -OCH3 is 1. The third-order valence-electron chi connectivity index (χ3n) is 6.26. The Kier molecular flexibility index (Phi) is 11.8. The van der Waals surface area contributed by atoms with E-state index >= 15 is 0 Å². The number of hydrogen-bond acceptors (Lipinski definition) is 4. The largest absolute Gasteiger partial charge is 0.497 e. The molecule has 0 unspecified atom stereocenters. The maximum Gasteiger partial charge on any atom is 0.243 e. The molecular formula is C30H34Cl2N2O3S. The number of nitrogens with zero attached hydrogens (tertiary/aromatic N) is 1. The predicted molar refractivity (Wildman–Crippen MR) is 158 cm³/mol. The Morgan fingerprint density at radius 1 is 1.00 bits per heavy atom. The molecule has 0 saturated carbocycles. The fraction of sp³-hybridized carbons (Fsp3) is 0.333. The van der Waals surface area contributed by atoms with Gasteiger partial charge in [-0.05, 0) is 54.3 Å². The number of ether oxygens (including phenoxy) is 1. The highest BCUT2D eigenvalue weighted by Gasteiger charge is 2.31. The number of amides is 2. The van der Waals surface area contributed by atoms with Gasteiger partial charge in [0.15, 0.2) is 0 Å². The number of halogens is 2. The first-order valence-corrected chi connectivity index (χ1v) is 14.5. The monoisotopic (exact) mass is 572 g/mol. The Morgan fingerprint density at radius 3 is 2.42 bits per heavy atom. The van der Waals surface area contributed by atoms with Gasteiger partial charge in [0.1, 0.15) is 11.8 Å². The molecule has 5 nitrogen and oxygen atoms in total. The molecule has 202 valence electrons. The van der Waals surface area contributed by atoms with Crippen LogP contribution < -0.4 is 10.1 Å². The second-order valence-corrected chi connectivity index (χ2v) is 11.0. The van der Waals surface area contributed by atoms with E-state index in [1.54, 1.807) is 24.1 Å². The van der Waals surface area contributed by atoms with E-state index in [1.165, 1.54) is 11.8 Å². The molecule has 0 heterocycles. The lowest BCUT2D eigenvalue weighted by Gasteiger charge is -2.32. The standard InChI is InChI=1S/C30H34Cl2N2O3S/c1-4-21(2)33-30(36)28(16-22-9-6-5-7-10-22)34(18-23-11-8-12-26(15-23)37-3)29(35)20-38-19-24-13-14-25(31)17-27(24)32/h5-15,17,21,28H,4,16,18-20H2,1-3H3,(H,33,36)/t21-,28-/m0/s1. The smallest absolute Gasteiger partial charge is 0.243 e. The van der Waals surface area contributed by atoms with Crippen LogP contribution in [-0.2, 0) is 28.3 Å². The molecule has 2 atom stereocenters. The molecular weight excluding hydrogens is 539 g/mol. The van der Waals surface area contributed by atoms with Crippen LogP contribution in [0.2, 0.25) is 10.0 Å². The maximum absolute atomic E-state index is 13.8. The maximum atomic E-state index is 13.8. The van der Waals surface area contributed by atoms with Crippen LogP contribution in [0.3, 0.4) is 0 Å². The zero-order valence-electron chi connectivity index (χ0n) is 22.0. The highest BCUT2D eigenvalue weighted by molar-refractivity contribution is 7.99. The molecule has 0 spiro atoms. The zero-order chi connectivity index (χ0) is 27.5. The average molecular weight is 574 g/mol. The highest BCUT2D eigenvalue weighted by atomic mass is 35.5. The number of thioether (sulfide) groups is 1. The Balaban J connectivity index is 1.88. The predicted octanol–water partition coefficient (Wildman–Crippen LogP) is 6.79. The summed E-state index contributed by atoms with van der Waals surface area (Å²) in [5, 5.41) is 4.23. The lowest BCUT2D eigenvalue weighted by Crippen LogP contribution is -2.52. The first kappa shape index (κ1) is 29.9. The molecule has 0 bridgehead atoms. The van der Waals surface area contributed by atoms with Gasteiger partial charge in [-0.2, -0.15) is 0 Å². The Hall–Kier alpha value is -2.67. The Bertz CT molecular complexity index is 1210. The fourth-order valence-corrected chi connectivity index (χ4v) is 5.40. The molecule has 3 rings (SSSR count). The van der Waals surface area contributed by atoms with Crippen molar-refractivity contribution in [2.45, 2.75) is 51.1 Å². The summed E-state index contributed by atoms with van der Waals surface area (Å²) >= 11 is 13.8. The van der Waals surface area contributed by atoms with E-state index in [2.05, 4.69) is 5.32 Å². The van der Waals surface area contributed by atoms with Gasteiger partial charge in [0, 0.05) is 34.8 Å². The van der Waals surface area contributed by atoms with Crippen molar-refractivity contribution in [2.24, 2.45) is 0 Å². The van der Waals surface area contributed by atoms with Crippen molar-refractivity contribution >= 4 is 46.8 Å². The summed E-state index contributed by atoms with van der Waals surface area (Å²) in [5.41, 5.74) is 2.78. The van der Waals surface area contributed by atoms with E-state index < -0.39 is 6.04 Å².